The van der Waals surface area contributed by atoms with Crippen molar-refractivity contribution in [3.05, 3.63) is 24.3 Å². The molecule has 0 amide bonds. The van der Waals surface area contributed by atoms with E-state index in [9.17, 15) is 5.11 Å². The number of furan rings is 1. The Balaban J connectivity index is 1.69. The van der Waals surface area contributed by atoms with E-state index >= 15 is 0 Å². The average molecular weight is 305 g/mol. The van der Waals surface area contributed by atoms with E-state index in [-0.39, 0.29) is 6.10 Å². The Morgan fingerprint density at radius 1 is 1.36 bits per heavy atom. The first-order valence-electron chi connectivity index (χ1n) is 8.01. The van der Waals surface area contributed by atoms with Crippen LogP contribution in [0.4, 0.5) is 0 Å². The van der Waals surface area contributed by atoms with Gasteiger partial charge in [-0.1, -0.05) is 24.4 Å². The molecule has 0 aromatic carbocycles. The number of hydrogen-bond acceptors (Lipinski definition) is 6. The third-order valence-electron chi connectivity index (χ3n) is 4.14. The number of aliphatic hydroxyl groups is 1. The highest BCUT2D eigenvalue weighted by Crippen LogP contribution is 2.24. The number of nitrogens with zero attached hydrogens (tertiary/aromatic N) is 3. The largest absolute Gasteiger partial charge is 0.461 e. The summed E-state index contributed by atoms with van der Waals surface area (Å²) in [5.41, 5.74) is 0. The molecule has 1 unspecified atom stereocenters. The summed E-state index contributed by atoms with van der Waals surface area (Å²) in [7, 11) is 0. The summed E-state index contributed by atoms with van der Waals surface area (Å²) in [4.78, 5) is 6.67. The van der Waals surface area contributed by atoms with Crippen LogP contribution in [0, 0.1) is 0 Å². The highest BCUT2D eigenvalue weighted by atomic mass is 16.5. The first kappa shape index (κ1) is 15.2. The van der Waals surface area contributed by atoms with E-state index in [0.29, 0.717) is 36.6 Å². The minimum absolute atomic E-state index is 0.366. The van der Waals surface area contributed by atoms with Crippen LogP contribution in [0.25, 0.3) is 11.6 Å². The number of aliphatic hydroxyl groups excluding tert-OH is 1. The van der Waals surface area contributed by atoms with E-state index in [4.69, 9.17) is 8.94 Å². The van der Waals surface area contributed by atoms with Crippen LogP contribution < -0.4 is 0 Å². The first-order valence-corrected chi connectivity index (χ1v) is 8.01. The maximum Gasteiger partial charge on any atom is 0.241 e. The minimum Gasteiger partial charge on any atom is -0.461 e. The summed E-state index contributed by atoms with van der Waals surface area (Å²) in [6, 6.07) is 4.10. The Morgan fingerprint density at radius 2 is 2.18 bits per heavy atom. The second-order valence-corrected chi connectivity index (χ2v) is 6.06. The summed E-state index contributed by atoms with van der Waals surface area (Å²) >= 11 is 0. The Labute approximate surface area is 130 Å². The summed E-state index contributed by atoms with van der Waals surface area (Å²) in [5, 5.41) is 13.7. The van der Waals surface area contributed by atoms with Gasteiger partial charge in [0.15, 0.2) is 5.76 Å². The van der Waals surface area contributed by atoms with Crippen molar-refractivity contribution in [3.8, 4) is 11.6 Å². The quantitative estimate of drug-likeness (QED) is 0.884. The molecule has 0 aliphatic heterocycles. The van der Waals surface area contributed by atoms with Crippen molar-refractivity contribution in [2.45, 2.75) is 57.7 Å². The van der Waals surface area contributed by atoms with Crippen molar-refractivity contribution in [2.75, 3.05) is 6.54 Å². The van der Waals surface area contributed by atoms with E-state index in [1.165, 1.54) is 32.1 Å². The Hall–Kier alpha value is -1.66. The van der Waals surface area contributed by atoms with Crippen molar-refractivity contribution in [1.29, 1.82) is 0 Å². The maximum absolute atomic E-state index is 9.76. The molecule has 1 aliphatic rings. The van der Waals surface area contributed by atoms with E-state index in [2.05, 4.69) is 15.0 Å². The SMILES string of the molecule is CC(O)CN(Cc1nc(-c2ccco2)no1)C1CCCCC1. The van der Waals surface area contributed by atoms with Crippen LogP contribution in [-0.4, -0.2) is 38.8 Å². The summed E-state index contributed by atoms with van der Waals surface area (Å²) in [5.74, 6) is 1.65. The van der Waals surface area contributed by atoms with Crippen LogP contribution in [0.1, 0.15) is 44.9 Å². The molecule has 2 aromatic rings. The molecule has 3 rings (SSSR count). The minimum atomic E-state index is -0.366. The van der Waals surface area contributed by atoms with Gasteiger partial charge < -0.3 is 14.0 Å². The van der Waals surface area contributed by atoms with Gasteiger partial charge in [-0.15, -0.1) is 0 Å². The summed E-state index contributed by atoms with van der Waals surface area (Å²) in [6.45, 7) is 3.02. The van der Waals surface area contributed by atoms with Crippen molar-refractivity contribution >= 4 is 0 Å². The fourth-order valence-corrected chi connectivity index (χ4v) is 3.13. The van der Waals surface area contributed by atoms with Gasteiger partial charge in [-0.25, -0.2) is 0 Å². The molecule has 0 radical (unpaired) electrons. The van der Waals surface area contributed by atoms with Crippen molar-refractivity contribution in [2.24, 2.45) is 0 Å². The van der Waals surface area contributed by atoms with Crippen molar-refractivity contribution < 1.29 is 14.0 Å². The third-order valence-corrected chi connectivity index (χ3v) is 4.14. The molecule has 1 aliphatic carbocycles. The molecule has 1 saturated carbocycles. The lowest BCUT2D eigenvalue weighted by atomic mass is 9.94. The van der Waals surface area contributed by atoms with Crippen molar-refractivity contribution in [1.82, 2.24) is 15.0 Å². The molecule has 0 saturated heterocycles. The molecule has 2 heterocycles. The van der Waals surface area contributed by atoms with Gasteiger partial charge >= 0.3 is 0 Å². The van der Waals surface area contributed by atoms with Gasteiger partial charge in [0.05, 0.1) is 18.9 Å². The molecule has 1 N–H and O–H groups in total. The van der Waals surface area contributed by atoms with Crippen LogP contribution in [0.15, 0.2) is 27.3 Å². The van der Waals surface area contributed by atoms with E-state index in [1.807, 2.05) is 13.0 Å². The van der Waals surface area contributed by atoms with Crippen LogP contribution in [0.5, 0.6) is 0 Å². The fraction of sp³-hybridized carbons (Fsp3) is 0.625. The van der Waals surface area contributed by atoms with Gasteiger partial charge in [-0.05, 0) is 31.9 Å². The summed E-state index contributed by atoms with van der Waals surface area (Å²) < 4.78 is 10.6. The molecule has 6 nitrogen and oxygen atoms in total. The van der Waals surface area contributed by atoms with Gasteiger partial charge in [0.1, 0.15) is 0 Å². The van der Waals surface area contributed by atoms with E-state index in [1.54, 1.807) is 12.3 Å². The third kappa shape index (κ3) is 3.75. The monoisotopic (exact) mass is 305 g/mol. The van der Waals surface area contributed by atoms with Gasteiger partial charge in [0, 0.05) is 12.6 Å². The molecular formula is C16H23N3O3. The number of rotatable bonds is 6. The predicted octanol–water partition coefficient (Wildman–Crippen LogP) is 2.85. The standard InChI is InChI=1S/C16H23N3O3/c1-12(20)10-19(13-6-3-2-4-7-13)11-15-17-16(18-22-15)14-8-5-9-21-14/h5,8-9,12-13,20H,2-4,6-7,10-11H2,1H3. The van der Waals surface area contributed by atoms with Crippen molar-refractivity contribution in [3.63, 3.8) is 0 Å². The second kappa shape index (κ2) is 7.07. The molecule has 0 bridgehead atoms. The lowest BCUT2D eigenvalue weighted by Gasteiger charge is -2.34. The fourth-order valence-electron chi connectivity index (χ4n) is 3.13. The lowest BCUT2D eigenvalue weighted by molar-refractivity contribution is 0.0689. The first-order chi connectivity index (χ1) is 10.7. The topological polar surface area (TPSA) is 75.5 Å². The molecule has 2 aromatic heterocycles. The van der Waals surface area contributed by atoms with Gasteiger partial charge in [-0.3, -0.25) is 4.90 Å². The smallest absolute Gasteiger partial charge is 0.241 e. The van der Waals surface area contributed by atoms with Crippen LogP contribution in [-0.2, 0) is 6.54 Å². The molecule has 120 valence electrons. The zero-order valence-corrected chi connectivity index (χ0v) is 12.9. The van der Waals surface area contributed by atoms with Gasteiger partial charge in [-0.2, -0.15) is 4.98 Å². The predicted molar refractivity (Wildman–Crippen MR) is 81.0 cm³/mol. The van der Waals surface area contributed by atoms with Crippen LogP contribution in [0.2, 0.25) is 0 Å². The molecule has 1 fully saturated rings. The van der Waals surface area contributed by atoms with E-state index < -0.39 is 0 Å². The second-order valence-electron chi connectivity index (χ2n) is 6.06. The Morgan fingerprint density at radius 3 is 2.86 bits per heavy atom. The number of hydrogen-bond donors (Lipinski definition) is 1. The lowest BCUT2D eigenvalue weighted by Crippen LogP contribution is -2.40. The zero-order valence-electron chi connectivity index (χ0n) is 12.9. The summed E-state index contributed by atoms with van der Waals surface area (Å²) in [6.07, 6.45) is 7.38. The van der Waals surface area contributed by atoms with Gasteiger partial charge in [0.2, 0.25) is 11.7 Å². The molecule has 22 heavy (non-hydrogen) atoms. The Kier molecular flexibility index (Phi) is 4.90. The average Bonchev–Trinajstić information content (AvgIpc) is 3.18. The Bertz CT molecular complexity index is 559. The van der Waals surface area contributed by atoms with Crippen LogP contribution in [0.3, 0.4) is 0 Å². The normalized spacial score (nSPS) is 18.0. The zero-order chi connectivity index (χ0) is 15.4. The van der Waals surface area contributed by atoms with E-state index in [0.717, 1.165) is 0 Å². The molecule has 6 heteroatoms. The highest BCUT2D eigenvalue weighted by Gasteiger charge is 2.24. The molecule has 1 atom stereocenters. The molecular weight excluding hydrogens is 282 g/mol. The van der Waals surface area contributed by atoms with Crippen LogP contribution >= 0.6 is 0 Å². The molecule has 0 spiro atoms. The van der Waals surface area contributed by atoms with Gasteiger partial charge in [0.25, 0.3) is 0 Å². The number of aromatic nitrogens is 2. The maximum atomic E-state index is 9.76. The highest BCUT2D eigenvalue weighted by molar-refractivity contribution is 5.44.